The maximum absolute atomic E-state index is 3.67. The van der Waals surface area contributed by atoms with E-state index >= 15 is 0 Å². The average Bonchev–Trinajstić information content (AvgIpc) is 3.72. The topological polar surface area (TPSA) is 0 Å². The molecule has 4 aromatic rings. The van der Waals surface area contributed by atoms with Crippen molar-refractivity contribution in [3.8, 4) is 11.1 Å². The number of benzene rings is 4. The van der Waals surface area contributed by atoms with Crippen molar-refractivity contribution in [2.45, 2.75) is 104 Å². The Morgan fingerprint density at radius 2 is 1.12 bits per heavy atom. The zero-order chi connectivity index (χ0) is 33.8. The van der Waals surface area contributed by atoms with Crippen LogP contribution in [-0.4, -0.2) is 3.21 Å². The smallest absolute Gasteiger partial charge is 0.109 e. The van der Waals surface area contributed by atoms with Crippen molar-refractivity contribution in [1.29, 1.82) is 0 Å². The van der Waals surface area contributed by atoms with Crippen LogP contribution in [0.15, 0.2) is 109 Å². The van der Waals surface area contributed by atoms with Gasteiger partial charge in [0.1, 0.15) is 0 Å². The fourth-order valence-electron chi connectivity index (χ4n) is 6.15. The Labute approximate surface area is 319 Å². The first-order chi connectivity index (χ1) is 21.5. The van der Waals surface area contributed by atoms with E-state index in [0.717, 1.165) is 12.8 Å². The summed E-state index contributed by atoms with van der Waals surface area (Å²) >= 11 is 1.51. The Morgan fingerprint density at radius 3 is 1.54 bits per heavy atom. The molecule has 0 fully saturated rings. The molecule has 0 aromatic heterocycles. The Kier molecular flexibility index (Phi) is 14.9. The predicted molar refractivity (Wildman–Crippen MR) is 196 cm³/mol. The molecule has 48 heavy (non-hydrogen) atoms. The van der Waals surface area contributed by atoms with Gasteiger partial charge < -0.3 is 24.8 Å². The molecule has 0 heterocycles. The molecule has 0 bridgehead atoms. The van der Waals surface area contributed by atoms with Gasteiger partial charge in [-0.05, 0) is 28.4 Å². The van der Waals surface area contributed by atoms with Gasteiger partial charge in [-0.25, -0.2) is 12.2 Å². The quantitative estimate of drug-likeness (QED) is 0.209. The molecule has 2 aliphatic rings. The van der Waals surface area contributed by atoms with Crippen LogP contribution in [0.5, 0.6) is 0 Å². The molecular weight excluding hydrogens is 703 g/mol. The van der Waals surface area contributed by atoms with Gasteiger partial charge in [-0.2, -0.15) is 29.8 Å². The van der Waals surface area contributed by atoms with Gasteiger partial charge in [0.2, 0.25) is 0 Å². The monoisotopic (exact) mass is 752 g/mol. The van der Waals surface area contributed by atoms with Crippen LogP contribution in [0, 0.1) is 12.1 Å². The molecule has 0 radical (unpaired) electrons. The summed E-state index contributed by atoms with van der Waals surface area (Å²) in [6.45, 7) is 23.0. The van der Waals surface area contributed by atoms with E-state index in [1.165, 1.54) is 68.7 Å². The Hall–Kier alpha value is -2.31. The van der Waals surface area contributed by atoms with E-state index in [4.69, 9.17) is 0 Å². The van der Waals surface area contributed by atoms with Crippen LogP contribution in [0.1, 0.15) is 109 Å². The van der Waals surface area contributed by atoms with Gasteiger partial charge in [-0.15, -0.1) is 17.5 Å². The predicted octanol–water partition coefficient (Wildman–Crippen LogP) is 5.63. The molecule has 0 aliphatic heterocycles. The van der Waals surface area contributed by atoms with E-state index in [1.54, 1.807) is 3.21 Å². The molecular formula is C45H52Cl2Zr-2. The van der Waals surface area contributed by atoms with Gasteiger partial charge in [0.15, 0.2) is 0 Å². The van der Waals surface area contributed by atoms with Gasteiger partial charge in [0, 0.05) is 0 Å². The summed E-state index contributed by atoms with van der Waals surface area (Å²) in [5.74, 6) is 0. The third kappa shape index (κ3) is 10.1. The van der Waals surface area contributed by atoms with Crippen LogP contribution < -0.4 is 24.8 Å². The Balaban J connectivity index is 0.000000281. The first kappa shape index (κ1) is 41.9. The van der Waals surface area contributed by atoms with Crippen molar-refractivity contribution in [2.24, 2.45) is 0 Å². The average molecular weight is 755 g/mol. The van der Waals surface area contributed by atoms with Gasteiger partial charge >= 0.3 is 138 Å². The van der Waals surface area contributed by atoms with Crippen molar-refractivity contribution in [2.75, 3.05) is 0 Å². The standard InChI is InChI=1S/C21H25.C19H22.C5H5.2ClH.Zr/c1-20(2,3)16-7-9-18-14(12-16)11-15-13-17(21(4,5)6)8-10-19(15)18;1-18(2,16-11-7-5-8-12-16)15-19(3,4)17-13-9-6-10-14-17;1-2-4-5-3-1;;;/h7-10,12H,11H2,1-6H3;5-14H,1-4H3;1-3H,4H2;2*1H;/q-1;;-1;;;+2/p-2. The second-order valence-corrected chi connectivity index (χ2v) is 16.9. The molecule has 4 aromatic carbocycles. The summed E-state index contributed by atoms with van der Waals surface area (Å²) in [6, 6.07) is 36.8. The Bertz CT molecular complexity index is 1570. The summed E-state index contributed by atoms with van der Waals surface area (Å²) in [5, 5.41) is 0. The summed E-state index contributed by atoms with van der Waals surface area (Å²) in [4.78, 5) is 0. The van der Waals surface area contributed by atoms with Crippen molar-refractivity contribution in [1.82, 2.24) is 0 Å². The van der Waals surface area contributed by atoms with Crippen molar-refractivity contribution in [3.63, 3.8) is 0 Å². The SMILES string of the molecule is CC(C)(C)c1[c-]c2c(cc1)-c1ccc(C(C)(C)C)cc1C2.CC(C)([C](=[Zr+2])C(C)(C)c1ccccc1)c1ccccc1.[C-]1=CC=CC1.[Cl-].[Cl-]. The summed E-state index contributed by atoms with van der Waals surface area (Å²) in [6.07, 6.45) is 11.0. The number of rotatable bonds is 4. The minimum Gasteiger partial charge on any atom is -1.00 e. The minimum absolute atomic E-state index is 0. The van der Waals surface area contributed by atoms with E-state index < -0.39 is 0 Å². The number of allylic oxidation sites excluding steroid dienone is 4. The molecule has 0 saturated carbocycles. The largest absolute Gasteiger partial charge is 1.00 e. The van der Waals surface area contributed by atoms with E-state index in [9.17, 15) is 0 Å². The van der Waals surface area contributed by atoms with Gasteiger partial charge in [0.05, 0.1) is 0 Å². The third-order valence-corrected chi connectivity index (χ3v) is 12.4. The normalized spacial score (nSPS) is 13.1. The van der Waals surface area contributed by atoms with E-state index in [2.05, 4.69) is 178 Å². The maximum atomic E-state index is 3.67. The second kappa shape index (κ2) is 17.1. The van der Waals surface area contributed by atoms with E-state index in [1.807, 2.05) is 12.2 Å². The van der Waals surface area contributed by atoms with Gasteiger partial charge in [0.25, 0.3) is 0 Å². The number of fused-ring (bicyclic) bond motifs is 3. The minimum atomic E-state index is 0. The molecule has 6 rings (SSSR count). The molecule has 0 N–H and O–H groups in total. The molecule has 2 aliphatic carbocycles. The number of halogens is 2. The number of hydrogen-bond acceptors (Lipinski definition) is 0. The van der Waals surface area contributed by atoms with Crippen LogP contribution in [-0.2, 0) is 52.3 Å². The first-order valence-electron chi connectivity index (χ1n) is 16.6. The summed E-state index contributed by atoms with van der Waals surface area (Å²) < 4.78 is 1.58. The molecule has 0 atom stereocenters. The second-order valence-electron chi connectivity index (χ2n) is 15.7. The zero-order valence-electron chi connectivity index (χ0n) is 30.6. The molecule has 0 amide bonds. The van der Waals surface area contributed by atoms with Crippen LogP contribution >= 0.6 is 0 Å². The van der Waals surface area contributed by atoms with Gasteiger partial charge in [-0.1, -0.05) is 65.3 Å². The maximum Gasteiger partial charge on any atom is -0.109 e. The zero-order valence-corrected chi connectivity index (χ0v) is 34.5. The van der Waals surface area contributed by atoms with Crippen molar-refractivity contribution < 1.29 is 49.0 Å². The molecule has 252 valence electrons. The number of hydrogen-bond donors (Lipinski definition) is 0. The van der Waals surface area contributed by atoms with Crippen LogP contribution in [0.2, 0.25) is 0 Å². The molecule has 0 unspecified atom stereocenters. The summed E-state index contributed by atoms with van der Waals surface area (Å²) in [7, 11) is 0. The van der Waals surface area contributed by atoms with Crippen LogP contribution in [0.3, 0.4) is 0 Å². The third-order valence-electron chi connectivity index (χ3n) is 9.29. The summed E-state index contributed by atoms with van der Waals surface area (Å²) in [5.41, 5.74) is 11.7. The molecule has 0 spiro atoms. The molecule has 3 heteroatoms. The fourth-order valence-corrected chi connectivity index (χ4v) is 6.86. The van der Waals surface area contributed by atoms with Gasteiger partial charge in [-0.3, -0.25) is 6.08 Å². The molecule has 0 nitrogen and oxygen atoms in total. The van der Waals surface area contributed by atoms with E-state index in [-0.39, 0.29) is 46.5 Å². The van der Waals surface area contributed by atoms with E-state index in [0.29, 0.717) is 0 Å². The van der Waals surface area contributed by atoms with Crippen LogP contribution in [0.25, 0.3) is 11.1 Å². The van der Waals surface area contributed by atoms with Crippen LogP contribution in [0.4, 0.5) is 0 Å². The molecule has 0 saturated heterocycles. The first-order valence-corrected chi connectivity index (χ1v) is 17.9. The fraction of sp³-hybridized carbons (Fsp3) is 0.356. The Morgan fingerprint density at radius 1 is 0.604 bits per heavy atom. The van der Waals surface area contributed by atoms with Crippen molar-refractivity contribution in [3.05, 3.63) is 155 Å². The van der Waals surface area contributed by atoms with Crippen molar-refractivity contribution >= 4 is 3.21 Å².